The van der Waals surface area contributed by atoms with Crippen LogP contribution < -0.4 is 5.73 Å². The molecule has 3 N–H and O–H groups in total. The molecule has 0 atom stereocenters. The number of carbonyl (C=O) groups excluding carboxylic acids is 1. The molecule has 0 aliphatic rings. The Labute approximate surface area is 165 Å². The number of aromatic amines is 1. The van der Waals surface area contributed by atoms with Gasteiger partial charge in [0.05, 0.1) is 24.5 Å². The molecule has 8 heteroatoms. The van der Waals surface area contributed by atoms with E-state index in [0.29, 0.717) is 22.9 Å². The Hall–Kier alpha value is -4.20. The Balaban J connectivity index is 1.66. The Morgan fingerprint density at radius 3 is 2.86 bits per heavy atom. The zero-order chi connectivity index (χ0) is 20.0. The average Bonchev–Trinajstić information content (AvgIpc) is 3.40. The van der Waals surface area contributed by atoms with Crippen LogP contribution in [0.5, 0.6) is 0 Å². The Kier molecular flexibility index (Phi) is 3.77. The number of H-pyrrole nitrogens is 1. The fourth-order valence-corrected chi connectivity index (χ4v) is 3.33. The lowest BCUT2D eigenvalue weighted by Crippen LogP contribution is -2.01. The first-order valence-electron chi connectivity index (χ1n) is 8.90. The van der Waals surface area contributed by atoms with E-state index in [4.69, 9.17) is 15.5 Å². The second-order valence-corrected chi connectivity index (χ2v) is 6.57. The van der Waals surface area contributed by atoms with Gasteiger partial charge in [0.15, 0.2) is 5.65 Å². The highest BCUT2D eigenvalue weighted by Gasteiger charge is 2.15. The number of hydrogen-bond acceptors (Lipinski definition) is 6. The maximum absolute atomic E-state index is 11.7. The van der Waals surface area contributed by atoms with Crippen LogP contribution in [0.1, 0.15) is 10.5 Å². The number of nitrogens with zero attached hydrogens (tertiary/aromatic N) is 4. The first-order chi connectivity index (χ1) is 14.1. The topological polar surface area (TPSA) is 111 Å². The molecule has 4 aromatic heterocycles. The Morgan fingerprint density at radius 1 is 1.14 bits per heavy atom. The minimum absolute atomic E-state index is 0.343. The van der Waals surface area contributed by atoms with Crippen LogP contribution >= 0.6 is 0 Å². The number of aromatic nitrogens is 5. The van der Waals surface area contributed by atoms with Crippen LogP contribution in [-0.4, -0.2) is 37.6 Å². The molecule has 5 aromatic rings. The molecule has 0 spiro atoms. The maximum Gasteiger partial charge on any atom is 0.354 e. The van der Waals surface area contributed by atoms with Crippen molar-refractivity contribution in [2.24, 2.45) is 0 Å². The minimum Gasteiger partial charge on any atom is -0.464 e. The number of pyridine rings is 1. The average molecular weight is 384 g/mol. The molecule has 142 valence electrons. The van der Waals surface area contributed by atoms with Crippen LogP contribution in [0.15, 0.2) is 61.1 Å². The fourth-order valence-electron chi connectivity index (χ4n) is 3.33. The van der Waals surface area contributed by atoms with Crippen molar-refractivity contribution < 1.29 is 9.53 Å². The molecule has 0 saturated heterocycles. The van der Waals surface area contributed by atoms with Gasteiger partial charge < -0.3 is 15.5 Å². The van der Waals surface area contributed by atoms with Crippen LogP contribution in [0.2, 0.25) is 0 Å². The van der Waals surface area contributed by atoms with Gasteiger partial charge in [0.2, 0.25) is 0 Å². The van der Waals surface area contributed by atoms with Gasteiger partial charge in [-0.3, -0.25) is 4.98 Å². The van der Waals surface area contributed by atoms with Crippen molar-refractivity contribution in [3.63, 3.8) is 0 Å². The number of fused-ring (bicyclic) bond motifs is 2. The van der Waals surface area contributed by atoms with Gasteiger partial charge in [-0.25, -0.2) is 9.78 Å². The van der Waals surface area contributed by atoms with Gasteiger partial charge in [0, 0.05) is 40.5 Å². The van der Waals surface area contributed by atoms with E-state index in [1.807, 2.05) is 24.3 Å². The van der Waals surface area contributed by atoms with Crippen molar-refractivity contribution >= 4 is 28.3 Å². The summed E-state index contributed by atoms with van der Waals surface area (Å²) in [6, 6.07) is 13.4. The summed E-state index contributed by atoms with van der Waals surface area (Å²) in [5.41, 5.74) is 11.1. The monoisotopic (exact) mass is 384 g/mol. The number of nitrogens with one attached hydrogen (secondary N) is 1. The van der Waals surface area contributed by atoms with Crippen LogP contribution in [0.25, 0.3) is 38.9 Å². The number of ether oxygens (including phenoxy) is 1. The van der Waals surface area contributed by atoms with E-state index in [0.717, 1.165) is 27.6 Å². The van der Waals surface area contributed by atoms with Gasteiger partial charge >= 0.3 is 5.97 Å². The summed E-state index contributed by atoms with van der Waals surface area (Å²) in [5.74, 6) is -0.0107. The molecule has 29 heavy (non-hydrogen) atoms. The summed E-state index contributed by atoms with van der Waals surface area (Å²) < 4.78 is 6.33. The smallest absolute Gasteiger partial charge is 0.354 e. The summed E-state index contributed by atoms with van der Waals surface area (Å²) >= 11 is 0. The van der Waals surface area contributed by atoms with Crippen molar-refractivity contribution in [3.8, 4) is 22.4 Å². The van der Waals surface area contributed by atoms with Gasteiger partial charge in [0.25, 0.3) is 0 Å². The normalized spacial score (nSPS) is 11.2. The van der Waals surface area contributed by atoms with Crippen molar-refractivity contribution in [1.29, 1.82) is 0 Å². The molecule has 0 radical (unpaired) electrons. The molecule has 0 fully saturated rings. The third-order valence-electron chi connectivity index (χ3n) is 4.78. The first-order valence-corrected chi connectivity index (χ1v) is 8.90. The van der Waals surface area contributed by atoms with Gasteiger partial charge in [-0.2, -0.15) is 9.61 Å². The highest BCUT2D eigenvalue weighted by atomic mass is 16.5. The van der Waals surface area contributed by atoms with Crippen LogP contribution in [0, 0.1) is 0 Å². The van der Waals surface area contributed by atoms with Crippen molar-refractivity contribution in [2.45, 2.75) is 0 Å². The highest BCUT2D eigenvalue weighted by molar-refractivity contribution is 5.90. The summed E-state index contributed by atoms with van der Waals surface area (Å²) in [5, 5.41) is 5.41. The first kappa shape index (κ1) is 16.9. The molecule has 4 heterocycles. The molecule has 0 bridgehead atoms. The number of methoxy groups -OCH3 is 1. The predicted octanol–water partition coefficient (Wildman–Crippen LogP) is 3.31. The number of esters is 1. The van der Waals surface area contributed by atoms with Crippen molar-refractivity contribution in [3.05, 3.63) is 66.7 Å². The molecule has 5 rings (SSSR count). The zero-order valence-corrected chi connectivity index (χ0v) is 15.5. The molecule has 0 aliphatic carbocycles. The van der Waals surface area contributed by atoms with Gasteiger partial charge in [-0.05, 0) is 18.2 Å². The number of hydrogen-bond donors (Lipinski definition) is 2. The molecular weight excluding hydrogens is 368 g/mol. The Bertz CT molecular complexity index is 1380. The third-order valence-corrected chi connectivity index (χ3v) is 4.78. The second kappa shape index (κ2) is 6.45. The standard InChI is InChI=1S/C21H16N6O2/c1-29-21(28)18-7-14(10-24-18)17-8-19(22)27-20(26-17)15(11-25-27)13-6-12-4-2-3-5-16(12)23-9-13/h2-11,24H,22H2,1H3. The van der Waals surface area contributed by atoms with Crippen molar-refractivity contribution in [1.82, 2.24) is 24.6 Å². The van der Waals surface area contributed by atoms with Crippen LogP contribution in [-0.2, 0) is 4.74 Å². The van der Waals surface area contributed by atoms with E-state index >= 15 is 0 Å². The Morgan fingerprint density at radius 2 is 2.00 bits per heavy atom. The number of benzene rings is 1. The number of nitrogens with two attached hydrogens (primary N) is 1. The second-order valence-electron chi connectivity index (χ2n) is 6.57. The number of carbonyl (C=O) groups is 1. The molecule has 0 saturated carbocycles. The number of anilines is 1. The van der Waals surface area contributed by atoms with Gasteiger partial charge in [-0.15, -0.1) is 0 Å². The van der Waals surface area contributed by atoms with E-state index in [1.165, 1.54) is 7.11 Å². The van der Waals surface area contributed by atoms with Crippen LogP contribution in [0.4, 0.5) is 5.82 Å². The van der Waals surface area contributed by atoms with E-state index < -0.39 is 5.97 Å². The SMILES string of the molecule is COC(=O)c1cc(-c2cc(N)n3ncc(-c4cnc5ccccc5c4)c3n2)c[nH]1. The predicted molar refractivity (Wildman–Crippen MR) is 109 cm³/mol. The molecule has 0 unspecified atom stereocenters. The van der Waals surface area contributed by atoms with E-state index in [9.17, 15) is 4.79 Å². The lowest BCUT2D eigenvalue weighted by molar-refractivity contribution is 0.0595. The quantitative estimate of drug-likeness (QED) is 0.462. The molecular formula is C21H16N6O2. The number of rotatable bonds is 3. The van der Waals surface area contributed by atoms with Gasteiger partial charge in [0.1, 0.15) is 11.5 Å². The fraction of sp³-hybridized carbons (Fsp3) is 0.0476. The van der Waals surface area contributed by atoms with E-state index in [2.05, 4.69) is 21.1 Å². The lowest BCUT2D eigenvalue weighted by atomic mass is 10.1. The van der Waals surface area contributed by atoms with E-state index in [1.54, 1.807) is 35.2 Å². The number of nitrogen functional groups attached to an aromatic ring is 1. The molecule has 8 nitrogen and oxygen atoms in total. The van der Waals surface area contributed by atoms with E-state index in [-0.39, 0.29) is 0 Å². The summed E-state index contributed by atoms with van der Waals surface area (Å²) in [6.45, 7) is 0. The molecule has 0 amide bonds. The lowest BCUT2D eigenvalue weighted by Gasteiger charge is -2.05. The zero-order valence-electron chi connectivity index (χ0n) is 15.5. The van der Waals surface area contributed by atoms with Gasteiger partial charge in [-0.1, -0.05) is 18.2 Å². The highest BCUT2D eigenvalue weighted by Crippen LogP contribution is 2.29. The maximum atomic E-state index is 11.7. The number of para-hydroxylation sites is 1. The molecule has 1 aromatic carbocycles. The van der Waals surface area contributed by atoms with Crippen molar-refractivity contribution in [2.75, 3.05) is 12.8 Å². The summed E-state index contributed by atoms with van der Waals surface area (Å²) in [4.78, 5) is 23.9. The summed E-state index contributed by atoms with van der Waals surface area (Å²) in [7, 11) is 1.33. The minimum atomic E-state index is -0.447. The summed E-state index contributed by atoms with van der Waals surface area (Å²) in [6.07, 6.45) is 5.22. The van der Waals surface area contributed by atoms with Crippen LogP contribution in [0.3, 0.4) is 0 Å². The largest absolute Gasteiger partial charge is 0.464 e. The third kappa shape index (κ3) is 2.78. The molecule has 0 aliphatic heterocycles.